The van der Waals surface area contributed by atoms with Gasteiger partial charge in [0, 0.05) is 0 Å². The molecule has 0 radical (unpaired) electrons. The van der Waals surface area contributed by atoms with Crippen LogP contribution < -0.4 is 15.8 Å². The van der Waals surface area contributed by atoms with Crippen molar-refractivity contribution in [3.8, 4) is 5.75 Å². The first-order valence-electron chi connectivity index (χ1n) is 7.63. The third kappa shape index (κ3) is 4.46. The number of nitrogen functional groups attached to an aromatic ring is 1. The van der Waals surface area contributed by atoms with Crippen molar-refractivity contribution in [2.24, 2.45) is 0 Å². The molecular weight excluding hydrogens is 392 g/mol. The maximum absolute atomic E-state index is 12.4. The van der Waals surface area contributed by atoms with Crippen LogP contribution in [0.2, 0.25) is 0 Å². The van der Waals surface area contributed by atoms with E-state index < -0.39 is 5.97 Å². The molecule has 1 amide bonds. The smallest absolute Gasteiger partial charge is 0.316 e. The second-order valence-corrected chi connectivity index (χ2v) is 7.17. The lowest BCUT2D eigenvalue weighted by Crippen LogP contribution is -2.20. The van der Waals surface area contributed by atoms with Crippen LogP contribution in [0, 0.1) is 0 Å². The number of nitrogens with two attached hydrogens (primary N) is 1. The number of aromatic nitrogens is 4. The molecule has 0 fully saturated rings. The van der Waals surface area contributed by atoms with Crippen LogP contribution in [0.3, 0.4) is 0 Å². The summed E-state index contributed by atoms with van der Waals surface area (Å²) in [7, 11) is 2.88. The van der Waals surface area contributed by atoms with Crippen molar-refractivity contribution in [2.75, 3.05) is 31.0 Å². The Labute approximate surface area is 162 Å². The number of amides is 1. The Kier molecular flexibility index (Phi) is 5.76. The van der Waals surface area contributed by atoms with Gasteiger partial charge >= 0.3 is 5.97 Å². The maximum Gasteiger partial charge on any atom is 0.316 e. The standard InChI is InChI=1S/C15H16N6O4S2/c1-24-8-3-4-9-10(5-8)27-14(17-9)18-11(22)6-21-13(16)19-20-15(21)26-7-12(23)25-2/h3-5H,6-7H2,1-2H3,(H2,16,19)(H,17,18,22). The molecule has 10 nitrogen and oxygen atoms in total. The number of thiazole rings is 1. The van der Waals surface area contributed by atoms with Gasteiger partial charge in [0.15, 0.2) is 10.3 Å². The van der Waals surface area contributed by atoms with Gasteiger partial charge in [0.25, 0.3) is 0 Å². The quantitative estimate of drug-likeness (QED) is 0.439. The number of carbonyl (C=O) groups is 2. The van der Waals surface area contributed by atoms with Gasteiger partial charge in [-0.25, -0.2) is 4.98 Å². The van der Waals surface area contributed by atoms with Crippen LogP contribution in [0.15, 0.2) is 23.4 Å². The highest BCUT2D eigenvalue weighted by Crippen LogP contribution is 2.29. The molecule has 3 rings (SSSR count). The van der Waals surface area contributed by atoms with Crippen LogP contribution in [0.25, 0.3) is 10.2 Å². The van der Waals surface area contributed by atoms with Crippen molar-refractivity contribution in [2.45, 2.75) is 11.7 Å². The fourth-order valence-corrected chi connectivity index (χ4v) is 3.81. The second kappa shape index (κ2) is 8.22. The third-order valence-electron chi connectivity index (χ3n) is 3.44. The number of nitrogens with zero attached hydrogens (tertiary/aromatic N) is 4. The van der Waals surface area contributed by atoms with Crippen LogP contribution in [0.5, 0.6) is 5.75 Å². The first-order valence-corrected chi connectivity index (χ1v) is 9.43. The number of methoxy groups -OCH3 is 2. The summed E-state index contributed by atoms with van der Waals surface area (Å²) < 4.78 is 12.1. The average Bonchev–Trinajstić information content (AvgIpc) is 3.22. The molecule has 0 atom stereocenters. The monoisotopic (exact) mass is 408 g/mol. The van der Waals surface area contributed by atoms with Crippen molar-refractivity contribution in [1.29, 1.82) is 0 Å². The molecule has 0 spiro atoms. The van der Waals surface area contributed by atoms with Crippen LogP contribution in [-0.2, 0) is 20.9 Å². The number of hydrogen-bond donors (Lipinski definition) is 2. The minimum atomic E-state index is -0.414. The topological polar surface area (TPSA) is 134 Å². The van der Waals surface area contributed by atoms with E-state index in [0.29, 0.717) is 16.0 Å². The van der Waals surface area contributed by atoms with Gasteiger partial charge in [-0.3, -0.25) is 14.2 Å². The highest BCUT2D eigenvalue weighted by Gasteiger charge is 2.16. The summed E-state index contributed by atoms with van der Waals surface area (Å²) in [5.74, 6) is 0.0747. The predicted molar refractivity (Wildman–Crippen MR) is 102 cm³/mol. The number of fused-ring (bicyclic) bond motifs is 1. The normalized spacial score (nSPS) is 10.7. The Morgan fingerprint density at radius 3 is 2.89 bits per heavy atom. The number of rotatable bonds is 7. The van der Waals surface area contributed by atoms with E-state index >= 15 is 0 Å². The molecule has 12 heteroatoms. The Bertz CT molecular complexity index is 986. The second-order valence-electron chi connectivity index (χ2n) is 5.19. The Morgan fingerprint density at radius 2 is 2.15 bits per heavy atom. The summed E-state index contributed by atoms with van der Waals surface area (Å²) >= 11 is 2.42. The zero-order valence-corrected chi connectivity index (χ0v) is 16.1. The number of esters is 1. The number of ether oxygens (including phenoxy) is 2. The van der Waals surface area contributed by atoms with Gasteiger partial charge < -0.3 is 20.5 Å². The van der Waals surface area contributed by atoms with Crippen LogP contribution in [-0.4, -0.2) is 51.6 Å². The van der Waals surface area contributed by atoms with E-state index in [1.54, 1.807) is 13.2 Å². The Balaban J connectivity index is 1.69. The first kappa shape index (κ1) is 18.9. The van der Waals surface area contributed by atoms with Gasteiger partial charge in [0.1, 0.15) is 12.3 Å². The average molecular weight is 408 g/mol. The van der Waals surface area contributed by atoms with Gasteiger partial charge in [-0.1, -0.05) is 23.1 Å². The van der Waals surface area contributed by atoms with Crippen molar-refractivity contribution >= 4 is 56.3 Å². The molecule has 3 aromatic rings. The van der Waals surface area contributed by atoms with Gasteiger partial charge in [-0.15, -0.1) is 10.2 Å². The molecule has 142 valence electrons. The van der Waals surface area contributed by atoms with Crippen molar-refractivity contribution in [3.63, 3.8) is 0 Å². The van der Waals surface area contributed by atoms with E-state index in [1.165, 1.54) is 23.0 Å². The summed E-state index contributed by atoms with van der Waals surface area (Å²) in [5, 5.41) is 11.2. The maximum atomic E-state index is 12.4. The molecule has 2 heterocycles. The molecule has 0 aliphatic heterocycles. The molecule has 3 N–H and O–H groups in total. The number of benzene rings is 1. The van der Waals surface area contributed by atoms with E-state index in [2.05, 4.69) is 25.2 Å². The molecule has 1 aromatic carbocycles. The van der Waals surface area contributed by atoms with Gasteiger partial charge in [0.2, 0.25) is 11.9 Å². The molecule has 0 aliphatic rings. The largest absolute Gasteiger partial charge is 0.497 e. The number of anilines is 2. The third-order valence-corrected chi connectivity index (χ3v) is 5.31. The van der Waals surface area contributed by atoms with Crippen LogP contribution in [0.4, 0.5) is 11.1 Å². The van der Waals surface area contributed by atoms with E-state index in [0.717, 1.165) is 22.0 Å². The van der Waals surface area contributed by atoms with Crippen molar-refractivity contribution in [3.05, 3.63) is 18.2 Å². The zero-order chi connectivity index (χ0) is 19.4. The van der Waals surface area contributed by atoms with Crippen molar-refractivity contribution < 1.29 is 19.1 Å². The lowest BCUT2D eigenvalue weighted by atomic mass is 10.3. The highest BCUT2D eigenvalue weighted by molar-refractivity contribution is 7.99. The first-order chi connectivity index (χ1) is 13.0. The number of thioether (sulfide) groups is 1. The minimum Gasteiger partial charge on any atom is -0.497 e. The molecule has 0 unspecified atom stereocenters. The number of carbonyl (C=O) groups excluding carboxylic acids is 2. The Morgan fingerprint density at radius 1 is 1.33 bits per heavy atom. The van der Waals surface area contributed by atoms with E-state index in [9.17, 15) is 9.59 Å². The zero-order valence-electron chi connectivity index (χ0n) is 14.5. The fourth-order valence-electron chi connectivity index (χ4n) is 2.13. The fraction of sp³-hybridized carbons (Fsp3) is 0.267. The molecule has 0 aliphatic carbocycles. The summed E-state index contributed by atoms with van der Waals surface area (Å²) in [6, 6.07) is 5.47. The molecule has 2 aromatic heterocycles. The van der Waals surface area contributed by atoms with Gasteiger partial charge in [-0.2, -0.15) is 0 Å². The number of nitrogens with one attached hydrogen (secondary N) is 1. The summed E-state index contributed by atoms with van der Waals surface area (Å²) in [5.41, 5.74) is 6.53. The van der Waals surface area contributed by atoms with E-state index in [4.69, 9.17) is 10.5 Å². The number of hydrogen-bond acceptors (Lipinski definition) is 10. The molecule has 0 bridgehead atoms. The van der Waals surface area contributed by atoms with E-state index in [1.807, 2.05) is 12.1 Å². The van der Waals surface area contributed by atoms with E-state index in [-0.39, 0.29) is 24.2 Å². The molecule has 27 heavy (non-hydrogen) atoms. The predicted octanol–water partition coefficient (Wildman–Crippen LogP) is 1.38. The van der Waals surface area contributed by atoms with Crippen LogP contribution >= 0.6 is 23.1 Å². The lowest BCUT2D eigenvalue weighted by molar-refractivity contribution is -0.137. The lowest BCUT2D eigenvalue weighted by Gasteiger charge is -2.07. The molecule has 0 saturated heterocycles. The van der Waals surface area contributed by atoms with Crippen molar-refractivity contribution in [1.82, 2.24) is 19.7 Å². The van der Waals surface area contributed by atoms with Crippen LogP contribution in [0.1, 0.15) is 0 Å². The highest BCUT2D eigenvalue weighted by atomic mass is 32.2. The summed E-state index contributed by atoms with van der Waals surface area (Å²) in [4.78, 5) is 28.0. The summed E-state index contributed by atoms with van der Waals surface area (Å²) in [6.45, 7) is -0.110. The van der Waals surface area contributed by atoms with Gasteiger partial charge in [-0.05, 0) is 18.2 Å². The Hall–Kier alpha value is -2.86. The minimum absolute atomic E-state index is 0.0377. The molecule has 0 saturated carbocycles. The van der Waals surface area contributed by atoms with Gasteiger partial charge in [0.05, 0.1) is 30.2 Å². The molecular formula is C15H16N6O4S2. The SMILES string of the molecule is COC(=O)CSc1nnc(N)n1CC(=O)Nc1nc2ccc(OC)cc2s1. The summed E-state index contributed by atoms with van der Waals surface area (Å²) in [6.07, 6.45) is 0.